The highest BCUT2D eigenvalue weighted by Gasteiger charge is 2.35. The number of amides is 1. The second-order valence-corrected chi connectivity index (χ2v) is 8.22. The summed E-state index contributed by atoms with van der Waals surface area (Å²) in [6.07, 6.45) is 4.96. The molecule has 1 aliphatic carbocycles. The second kappa shape index (κ2) is 6.56. The van der Waals surface area contributed by atoms with E-state index in [4.69, 9.17) is 4.52 Å². The Balaban J connectivity index is 1.38. The molecule has 7 heteroatoms. The summed E-state index contributed by atoms with van der Waals surface area (Å²) in [7, 11) is 0. The molecular formula is C20H18FN3O2S. The predicted octanol–water partition coefficient (Wildman–Crippen LogP) is 4.34. The van der Waals surface area contributed by atoms with Crippen molar-refractivity contribution in [1.29, 1.82) is 0 Å². The fraction of sp³-hybridized carbons (Fsp3) is 0.350. The van der Waals surface area contributed by atoms with Crippen molar-refractivity contribution < 1.29 is 13.7 Å². The molecule has 1 amide bonds. The fourth-order valence-electron chi connectivity index (χ4n) is 3.88. The van der Waals surface area contributed by atoms with Crippen molar-refractivity contribution in [2.45, 2.75) is 38.0 Å². The van der Waals surface area contributed by atoms with Gasteiger partial charge in [-0.1, -0.05) is 17.3 Å². The summed E-state index contributed by atoms with van der Waals surface area (Å²) in [6.45, 7) is 0.361. The van der Waals surface area contributed by atoms with E-state index in [2.05, 4.69) is 16.2 Å². The molecule has 138 valence electrons. The fourth-order valence-corrected chi connectivity index (χ4v) is 5.06. The Labute approximate surface area is 159 Å². The highest BCUT2D eigenvalue weighted by atomic mass is 32.1. The number of nitrogens with zero attached hydrogens (tertiary/aromatic N) is 3. The van der Waals surface area contributed by atoms with Crippen LogP contribution in [0.2, 0.25) is 0 Å². The Bertz CT molecular complexity index is 989. The predicted molar refractivity (Wildman–Crippen MR) is 100 cm³/mol. The van der Waals surface area contributed by atoms with E-state index in [0.29, 0.717) is 23.9 Å². The van der Waals surface area contributed by atoms with Crippen molar-refractivity contribution in [3.8, 4) is 10.8 Å². The van der Waals surface area contributed by atoms with Gasteiger partial charge in [0.05, 0.1) is 10.6 Å². The van der Waals surface area contributed by atoms with Crippen molar-refractivity contribution in [1.82, 2.24) is 10.1 Å². The molecule has 0 radical (unpaired) electrons. The minimum Gasteiger partial charge on any atom is -0.333 e. The highest BCUT2D eigenvalue weighted by Crippen LogP contribution is 2.37. The van der Waals surface area contributed by atoms with E-state index in [-0.39, 0.29) is 18.2 Å². The lowest BCUT2D eigenvalue weighted by Gasteiger charge is -2.16. The minimum absolute atomic E-state index is 0.122. The molecule has 5 rings (SSSR count). The molecule has 1 aromatic carbocycles. The molecule has 1 saturated heterocycles. The summed E-state index contributed by atoms with van der Waals surface area (Å²) < 4.78 is 19.5. The van der Waals surface area contributed by atoms with Gasteiger partial charge in [0, 0.05) is 23.8 Å². The number of rotatable bonds is 3. The zero-order chi connectivity index (χ0) is 18.4. The van der Waals surface area contributed by atoms with Crippen LogP contribution >= 0.6 is 11.3 Å². The molecule has 3 aromatic rings. The van der Waals surface area contributed by atoms with Crippen LogP contribution in [0.4, 0.5) is 10.1 Å². The minimum atomic E-state index is -0.399. The van der Waals surface area contributed by atoms with Crippen molar-refractivity contribution in [3.63, 3.8) is 0 Å². The zero-order valence-electron chi connectivity index (χ0n) is 14.7. The number of thiophene rings is 1. The first-order chi connectivity index (χ1) is 13.2. The van der Waals surface area contributed by atoms with E-state index in [9.17, 15) is 9.18 Å². The number of aryl methyl sites for hydroxylation is 2. The topological polar surface area (TPSA) is 59.2 Å². The molecule has 0 bridgehead atoms. The van der Waals surface area contributed by atoms with Crippen molar-refractivity contribution >= 4 is 22.9 Å². The Morgan fingerprint density at radius 2 is 2.07 bits per heavy atom. The number of hydrogen-bond donors (Lipinski definition) is 0. The number of anilines is 1. The first-order valence-corrected chi connectivity index (χ1v) is 10.0. The molecule has 2 aromatic heterocycles. The number of carbonyl (C=O) groups excluding carboxylic acids is 1. The molecule has 1 aliphatic heterocycles. The van der Waals surface area contributed by atoms with Crippen LogP contribution in [0.1, 0.15) is 41.4 Å². The second-order valence-electron chi connectivity index (χ2n) is 7.08. The highest BCUT2D eigenvalue weighted by molar-refractivity contribution is 7.15. The van der Waals surface area contributed by atoms with Gasteiger partial charge in [-0.3, -0.25) is 4.79 Å². The first kappa shape index (κ1) is 16.6. The quantitative estimate of drug-likeness (QED) is 0.675. The van der Waals surface area contributed by atoms with E-state index in [1.165, 1.54) is 34.2 Å². The molecular weight excluding hydrogens is 365 g/mol. The van der Waals surface area contributed by atoms with E-state index in [1.807, 2.05) is 0 Å². The van der Waals surface area contributed by atoms with Crippen molar-refractivity contribution in [2.75, 3.05) is 11.4 Å². The van der Waals surface area contributed by atoms with Gasteiger partial charge in [0.25, 0.3) is 5.89 Å². The number of fused-ring (bicyclic) bond motifs is 1. The average molecular weight is 383 g/mol. The number of benzene rings is 1. The standard InChI is InChI=1S/C20H18FN3O2S/c21-14-6-2-3-7-15(14)24-11-13(10-18(24)25)19-22-20(26-23-19)17-9-12-5-1-4-8-16(12)27-17/h2-3,6-7,9,13H,1,4-5,8,10-11H2. The largest absolute Gasteiger partial charge is 0.333 e. The molecule has 3 heterocycles. The van der Waals surface area contributed by atoms with Crippen LogP contribution in [0.25, 0.3) is 10.8 Å². The third-order valence-corrected chi connectivity index (χ3v) is 6.51. The van der Waals surface area contributed by atoms with Gasteiger partial charge in [0.2, 0.25) is 5.91 Å². The Morgan fingerprint density at radius 3 is 2.93 bits per heavy atom. The maximum absolute atomic E-state index is 14.0. The van der Waals surface area contributed by atoms with Gasteiger partial charge in [-0.2, -0.15) is 4.98 Å². The Morgan fingerprint density at radius 1 is 1.22 bits per heavy atom. The molecule has 0 N–H and O–H groups in total. The van der Waals surface area contributed by atoms with Crippen LogP contribution in [-0.2, 0) is 17.6 Å². The lowest BCUT2D eigenvalue weighted by atomic mass is 9.99. The number of carbonyl (C=O) groups is 1. The summed E-state index contributed by atoms with van der Waals surface area (Å²) in [4.78, 5) is 20.8. The lowest BCUT2D eigenvalue weighted by Crippen LogP contribution is -2.25. The Kier molecular flexibility index (Phi) is 4.04. The molecule has 5 nitrogen and oxygen atoms in total. The van der Waals surface area contributed by atoms with Crippen LogP contribution in [-0.4, -0.2) is 22.6 Å². The van der Waals surface area contributed by atoms with Gasteiger partial charge in [-0.15, -0.1) is 11.3 Å². The van der Waals surface area contributed by atoms with Gasteiger partial charge in [0.15, 0.2) is 5.82 Å². The monoisotopic (exact) mass is 383 g/mol. The Hall–Kier alpha value is -2.54. The number of aromatic nitrogens is 2. The lowest BCUT2D eigenvalue weighted by molar-refractivity contribution is -0.117. The van der Waals surface area contributed by atoms with Crippen LogP contribution in [0.5, 0.6) is 0 Å². The number of para-hydroxylation sites is 1. The molecule has 2 aliphatic rings. The maximum Gasteiger partial charge on any atom is 0.268 e. The van der Waals surface area contributed by atoms with Crippen molar-refractivity contribution in [3.05, 3.63) is 52.4 Å². The van der Waals surface area contributed by atoms with Gasteiger partial charge in [-0.25, -0.2) is 4.39 Å². The molecule has 27 heavy (non-hydrogen) atoms. The zero-order valence-corrected chi connectivity index (χ0v) is 15.5. The van der Waals surface area contributed by atoms with E-state index in [0.717, 1.165) is 17.7 Å². The molecule has 1 fully saturated rings. The summed E-state index contributed by atoms with van der Waals surface area (Å²) in [5.74, 6) is 0.321. The smallest absolute Gasteiger partial charge is 0.268 e. The molecule has 0 saturated carbocycles. The van der Waals surface area contributed by atoms with Crippen molar-refractivity contribution in [2.24, 2.45) is 0 Å². The summed E-state index contributed by atoms with van der Waals surface area (Å²) in [5.41, 5.74) is 1.70. The van der Waals surface area contributed by atoms with Crippen LogP contribution in [0, 0.1) is 5.82 Å². The molecule has 0 spiro atoms. The van der Waals surface area contributed by atoms with E-state index in [1.54, 1.807) is 29.5 Å². The summed E-state index contributed by atoms with van der Waals surface area (Å²) in [6, 6.07) is 8.48. The van der Waals surface area contributed by atoms with Crippen LogP contribution in [0.15, 0.2) is 34.9 Å². The number of halogens is 1. The van der Waals surface area contributed by atoms with E-state index < -0.39 is 5.82 Å². The van der Waals surface area contributed by atoms with Crippen LogP contribution in [0.3, 0.4) is 0 Å². The molecule has 1 unspecified atom stereocenters. The van der Waals surface area contributed by atoms with E-state index >= 15 is 0 Å². The average Bonchev–Trinajstić information content (AvgIpc) is 3.39. The third-order valence-electron chi connectivity index (χ3n) is 5.28. The normalized spacial score (nSPS) is 19.5. The first-order valence-electron chi connectivity index (χ1n) is 9.19. The van der Waals surface area contributed by atoms with Gasteiger partial charge < -0.3 is 9.42 Å². The van der Waals surface area contributed by atoms with Gasteiger partial charge in [0.1, 0.15) is 5.82 Å². The van der Waals surface area contributed by atoms with Gasteiger partial charge in [-0.05, 0) is 49.4 Å². The summed E-state index contributed by atoms with van der Waals surface area (Å²) >= 11 is 1.72. The number of hydrogen-bond acceptors (Lipinski definition) is 5. The summed E-state index contributed by atoms with van der Waals surface area (Å²) in [5, 5.41) is 4.11. The van der Waals surface area contributed by atoms with Crippen LogP contribution < -0.4 is 4.90 Å². The van der Waals surface area contributed by atoms with Gasteiger partial charge >= 0.3 is 0 Å². The third kappa shape index (κ3) is 2.96. The molecule has 1 atom stereocenters. The maximum atomic E-state index is 14.0. The SMILES string of the molecule is O=C1CC(c2noc(-c3cc4c(s3)CCCC4)n2)CN1c1ccccc1F.